The monoisotopic (exact) mass is 332 g/mol. The molecule has 124 valence electrons. The van der Waals surface area contributed by atoms with Gasteiger partial charge in [-0.3, -0.25) is 14.9 Å². The number of nitro benzene ring substituents is 1. The van der Waals surface area contributed by atoms with Gasteiger partial charge in [-0.25, -0.2) is 4.79 Å². The van der Waals surface area contributed by atoms with Crippen molar-refractivity contribution < 1.29 is 23.6 Å². The van der Waals surface area contributed by atoms with E-state index in [0.29, 0.717) is 5.69 Å². The Labute approximate surface area is 136 Å². The summed E-state index contributed by atoms with van der Waals surface area (Å²) in [5, 5.41) is 13.2. The summed E-state index contributed by atoms with van der Waals surface area (Å²) in [6.45, 7) is 1.89. The molecule has 0 radical (unpaired) electrons. The Morgan fingerprint density at radius 3 is 2.62 bits per heavy atom. The van der Waals surface area contributed by atoms with Crippen molar-refractivity contribution in [3.8, 4) is 0 Å². The van der Waals surface area contributed by atoms with Crippen molar-refractivity contribution >= 4 is 23.3 Å². The molecule has 2 aromatic rings. The fraction of sp³-hybridized carbons (Fsp3) is 0.125. The molecule has 1 amide bonds. The summed E-state index contributed by atoms with van der Waals surface area (Å²) in [4.78, 5) is 33.6. The van der Waals surface area contributed by atoms with E-state index in [1.807, 2.05) is 0 Å². The third-order valence-corrected chi connectivity index (χ3v) is 3.04. The van der Waals surface area contributed by atoms with Gasteiger partial charge in [-0.2, -0.15) is 4.39 Å². The number of anilines is 1. The number of hydrogen-bond acceptors (Lipinski definition) is 5. The van der Waals surface area contributed by atoms with Crippen LogP contribution in [0.15, 0.2) is 42.5 Å². The average molecular weight is 332 g/mol. The van der Waals surface area contributed by atoms with E-state index in [2.05, 4.69) is 5.32 Å². The van der Waals surface area contributed by atoms with Gasteiger partial charge in [0.2, 0.25) is 5.82 Å². The highest BCUT2D eigenvalue weighted by Gasteiger charge is 2.18. The molecule has 8 heteroatoms. The van der Waals surface area contributed by atoms with E-state index >= 15 is 0 Å². The van der Waals surface area contributed by atoms with E-state index in [0.717, 1.165) is 18.2 Å². The van der Waals surface area contributed by atoms with Crippen molar-refractivity contribution in [2.75, 3.05) is 11.9 Å². The predicted octanol–water partition coefficient (Wildman–Crippen LogP) is 3.16. The van der Waals surface area contributed by atoms with Crippen LogP contribution in [0.2, 0.25) is 0 Å². The lowest BCUT2D eigenvalue weighted by Gasteiger charge is -2.07. The SMILES string of the molecule is CCOC(=O)c1cccc(NC(=O)c2ccc(F)c([N+](=O)[O-])c2)c1. The fourth-order valence-electron chi connectivity index (χ4n) is 1.94. The van der Waals surface area contributed by atoms with Gasteiger partial charge in [0, 0.05) is 17.3 Å². The van der Waals surface area contributed by atoms with Crippen molar-refractivity contribution in [1.29, 1.82) is 0 Å². The fourth-order valence-corrected chi connectivity index (χ4v) is 1.94. The second-order valence-corrected chi connectivity index (χ2v) is 4.68. The largest absolute Gasteiger partial charge is 0.462 e. The summed E-state index contributed by atoms with van der Waals surface area (Å²) in [6, 6.07) is 8.85. The lowest BCUT2D eigenvalue weighted by molar-refractivity contribution is -0.387. The first-order valence-corrected chi connectivity index (χ1v) is 6.95. The molecule has 0 unspecified atom stereocenters. The number of nitro groups is 1. The molecule has 0 atom stereocenters. The molecule has 0 aliphatic rings. The summed E-state index contributed by atoms with van der Waals surface area (Å²) >= 11 is 0. The van der Waals surface area contributed by atoms with Gasteiger partial charge >= 0.3 is 11.7 Å². The van der Waals surface area contributed by atoms with Gasteiger partial charge in [0.15, 0.2) is 0 Å². The number of nitrogens with zero attached hydrogens (tertiary/aromatic N) is 1. The van der Waals surface area contributed by atoms with E-state index in [4.69, 9.17) is 4.74 Å². The molecular formula is C16H13FN2O5. The minimum absolute atomic E-state index is 0.0790. The number of carbonyl (C=O) groups is 2. The molecule has 0 saturated heterocycles. The quantitative estimate of drug-likeness (QED) is 0.515. The molecule has 0 spiro atoms. The van der Waals surface area contributed by atoms with Gasteiger partial charge in [-0.05, 0) is 37.3 Å². The number of benzene rings is 2. The Hall–Kier alpha value is -3.29. The third-order valence-electron chi connectivity index (χ3n) is 3.04. The highest BCUT2D eigenvalue weighted by Crippen LogP contribution is 2.20. The van der Waals surface area contributed by atoms with Gasteiger partial charge in [0.25, 0.3) is 5.91 Å². The van der Waals surface area contributed by atoms with E-state index in [9.17, 15) is 24.1 Å². The molecule has 0 heterocycles. The standard InChI is InChI=1S/C16H13FN2O5/c1-2-24-16(21)11-4-3-5-12(8-11)18-15(20)10-6-7-13(17)14(9-10)19(22)23/h3-9H,2H2,1H3,(H,18,20). The van der Waals surface area contributed by atoms with Crippen LogP contribution in [-0.4, -0.2) is 23.4 Å². The second-order valence-electron chi connectivity index (χ2n) is 4.68. The molecular weight excluding hydrogens is 319 g/mol. The van der Waals surface area contributed by atoms with E-state index in [1.165, 1.54) is 12.1 Å². The van der Waals surface area contributed by atoms with Crippen molar-refractivity contribution in [3.63, 3.8) is 0 Å². The van der Waals surface area contributed by atoms with Crippen LogP contribution < -0.4 is 5.32 Å². The number of ether oxygens (including phenoxy) is 1. The molecule has 0 bridgehead atoms. The van der Waals surface area contributed by atoms with E-state index in [1.54, 1.807) is 19.1 Å². The Morgan fingerprint density at radius 1 is 1.21 bits per heavy atom. The number of esters is 1. The predicted molar refractivity (Wildman–Crippen MR) is 83.4 cm³/mol. The van der Waals surface area contributed by atoms with Crippen LogP contribution in [0.4, 0.5) is 15.8 Å². The van der Waals surface area contributed by atoms with Crippen molar-refractivity contribution in [3.05, 3.63) is 69.5 Å². The van der Waals surface area contributed by atoms with Crippen molar-refractivity contribution in [2.45, 2.75) is 6.92 Å². The molecule has 24 heavy (non-hydrogen) atoms. The molecule has 7 nitrogen and oxygen atoms in total. The summed E-state index contributed by atoms with van der Waals surface area (Å²) in [7, 11) is 0. The molecule has 1 N–H and O–H groups in total. The molecule has 0 saturated carbocycles. The summed E-state index contributed by atoms with van der Waals surface area (Å²) in [5.74, 6) is -2.23. The Balaban J connectivity index is 2.21. The molecule has 2 aromatic carbocycles. The molecule has 0 fully saturated rings. The zero-order chi connectivity index (χ0) is 17.7. The highest BCUT2D eigenvalue weighted by atomic mass is 19.1. The van der Waals surface area contributed by atoms with Gasteiger partial charge in [-0.1, -0.05) is 6.07 Å². The lowest BCUT2D eigenvalue weighted by Crippen LogP contribution is -2.13. The zero-order valence-electron chi connectivity index (χ0n) is 12.6. The van der Waals surface area contributed by atoms with Crippen LogP contribution in [0, 0.1) is 15.9 Å². The van der Waals surface area contributed by atoms with Gasteiger partial charge in [0.05, 0.1) is 17.1 Å². The minimum atomic E-state index is -1.03. The van der Waals surface area contributed by atoms with Crippen LogP contribution in [0.1, 0.15) is 27.6 Å². The van der Waals surface area contributed by atoms with Crippen molar-refractivity contribution in [1.82, 2.24) is 0 Å². The van der Waals surface area contributed by atoms with E-state index in [-0.39, 0.29) is 17.7 Å². The maximum absolute atomic E-state index is 13.3. The van der Waals surface area contributed by atoms with Crippen LogP contribution in [0.25, 0.3) is 0 Å². The maximum Gasteiger partial charge on any atom is 0.338 e. The first-order chi connectivity index (χ1) is 11.4. The van der Waals surface area contributed by atoms with Crippen LogP contribution in [0.3, 0.4) is 0 Å². The van der Waals surface area contributed by atoms with Crippen LogP contribution in [-0.2, 0) is 4.74 Å². The first-order valence-electron chi connectivity index (χ1n) is 6.95. The van der Waals surface area contributed by atoms with E-state index < -0.39 is 28.3 Å². The summed E-state index contributed by atoms with van der Waals surface area (Å²) in [6.07, 6.45) is 0. The Kier molecular flexibility index (Phi) is 5.20. The topological polar surface area (TPSA) is 98.5 Å². The molecule has 0 aliphatic heterocycles. The Morgan fingerprint density at radius 2 is 1.96 bits per heavy atom. The minimum Gasteiger partial charge on any atom is -0.462 e. The van der Waals surface area contributed by atoms with Crippen LogP contribution >= 0.6 is 0 Å². The van der Waals surface area contributed by atoms with Gasteiger partial charge in [-0.15, -0.1) is 0 Å². The number of nitrogens with one attached hydrogen (secondary N) is 1. The number of amides is 1. The normalized spacial score (nSPS) is 10.1. The molecule has 0 aromatic heterocycles. The number of hydrogen-bond donors (Lipinski definition) is 1. The van der Waals surface area contributed by atoms with Gasteiger partial charge in [0.1, 0.15) is 0 Å². The summed E-state index contributed by atoms with van der Waals surface area (Å²) < 4.78 is 18.2. The number of carbonyl (C=O) groups excluding carboxylic acids is 2. The number of halogens is 1. The average Bonchev–Trinajstić information content (AvgIpc) is 2.55. The van der Waals surface area contributed by atoms with Crippen molar-refractivity contribution in [2.24, 2.45) is 0 Å². The van der Waals surface area contributed by atoms with Gasteiger partial charge < -0.3 is 10.1 Å². The number of rotatable bonds is 5. The molecule has 0 aliphatic carbocycles. The molecule has 2 rings (SSSR count). The van der Waals surface area contributed by atoms with Crippen LogP contribution in [0.5, 0.6) is 0 Å². The summed E-state index contributed by atoms with van der Waals surface area (Å²) in [5.41, 5.74) is -0.315. The maximum atomic E-state index is 13.3. The Bertz CT molecular complexity index is 807. The third kappa shape index (κ3) is 3.92. The lowest BCUT2D eigenvalue weighted by atomic mass is 10.1. The zero-order valence-corrected chi connectivity index (χ0v) is 12.6. The second kappa shape index (κ2) is 7.32. The first kappa shape index (κ1) is 17.1. The smallest absolute Gasteiger partial charge is 0.338 e. The highest BCUT2D eigenvalue weighted by molar-refractivity contribution is 6.05.